The molecule has 0 saturated carbocycles. The molecule has 792 valence electrons. The SMILES string of the molecule is C1CC[NH+]2C[C@@H]3C[C@@H](C[NH+]4CCCC[C@@H]34)[C@H]2C1.C1CC[NH+]2C[C@@H]3C[C@@H](C[NH+]4CCCC[C@@H]34)[C@H]2C1.C1CC[NH+]2C[C@@H]3C[C@@H](C[NH+]4CCCC[C@@H]34)[C@H]2C1.C1CC[NH+]2C[C@@H]3C[C@@H](C[NH+]4CCCC[C@@H]34)[C@H]2C1.C[Si](C)(C)[N-][Si](C)(C)C.C[Si](C)(C)[N-][Si](C)(C)C.C[Si](C)(C)[N-][Si](C)(C)C.C[Si](C)(C)[N-][Si](C)(C)C.C[Si](C)(C)[N-][Si](C)(C)C.C[Si](C)(C)[N-][Si](C)(C)C.Cc1ccccc1.Cc1ccccc1.[Li+].[Li+].[Mg+2].[Mg+2]. The van der Waals surface area contributed by atoms with Gasteiger partial charge in [-0.15, -0.1) is 0 Å². The van der Waals surface area contributed by atoms with Gasteiger partial charge in [0.25, 0.3) is 0 Å². The van der Waals surface area contributed by atoms with Gasteiger partial charge in [-0.25, -0.2) is 0 Å². The third-order valence-corrected chi connectivity index (χ3v) is 63.6. The number of quaternary nitrogens is 8. The summed E-state index contributed by atoms with van der Waals surface area (Å²) in [5.74, 6) is 8.73. The third kappa shape index (κ3) is 55.7. The topological polar surface area (TPSA) is 120 Å². The molecular weight excluding hydrogens is 1920 g/mol. The van der Waals surface area contributed by atoms with Crippen LogP contribution in [0, 0.1) is 61.2 Å². The van der Waals surface area contributed by atoms with Gasteiger partial charge in [-0.3, -0.25) is 0 Å². The van der Waals surface area contributed by atoms with Gasteiger partial charge >= 0.3 is 83.8 Å². The van der Waals surface area contributed by atoms with Gasteiger partial charge in [0.2, 0.25) is 0 Å². The zero-order valence-electron chi connectivity index (χ0n) is 101. The molecular formula is C110H236Li2Mg2N14Si12+8. The van der Waals surface area contributed by atoms with Crippen LogP contribution in [0.1, 0.15) is 191 Å². The minimum absolute atomic E-state index is 0. The van der Waals surface area contributed by atoms with Crippen molar-refractivity contribution in [1.82, 2.24) is 0 Å². The standard InChI is InChI=1S/4C15H26N2.2C7H8.6C6H18NSi2.2Li.2Mg/c4*1-3-7-16-11-13-9-12(14(16)5-1)10-17-8-4-2-6-15(13)17;2*1-7-5-3-2-4-6-7;6*1-8(2,3)7-9(4,5)6;;;;/h4*12-15H,1-11H2;2*2-6H,1H3;6*1-6H3;;;;/q;;;;;;6*-1;2*+1;2*+2/p+8/t4*12-,13-,14-,15+;;;;;;;;;;;;/m0000............/s1. The van der Waals surface area contributed by atoms with E-state index in [1.54, 1.807) is 77.0 Å². The predicted molar refractivity (Wildman–Crippen MR) is 647 cm³/mol. The van der Waals surface area contributed by atoms with Crippen LogP contribution < -0.4 is 76.9 Å². The Labute approximate surface area is 941 Å². The number of hydrogen-bond donors (Lipinski definition) is 8. The molecule has 30 heteroatoms. The van der Waals surface area contributed by atoms with Crippen molar-refractivity contribution in [3.8, 4) is 0 Å². The molecule has 24 atom stereocenters. The second kappa shape index (κ2) is 62.4. The van der Waals surface area contributed by atoms with E-state index >= 15 is 0 Å². The third-order valence-electron chi connectivity index (χ3n) is 31.4. The van der Waals surface area contributed by atoms with Crippen LogP contribution in [-0.4, -0.2) is 298 Å². The average Bonchev–Trinajstić information content (AvgIpc) is 0.777. The molecule has 0 radical (unpaired) electrons. The summed E-state index contributed by atoms with van der Waals surface area (Å²) in [7, 11) is -13.3. The predicted octanol–water partition coefficient (Wildman–Crippen LogP) is 13.5. The largest absolute Gasteiger partial charge is 2.00 e. The van der Waals surface area contributed by atoms with Gasteiger partial charge in [-0.2, -0.15) is 0 Å². The number of rotatable bonds is 12. The van der Waals surface area contributed by atoms with Gasteiger partial charge in [0, 0.05) is 51.4 Å². The van der Waals surface area contributed by atoms with E-state index in [9.17, 15) is 0 Å². The molecule has 0 aromatic heterocycles. The molecule has 16 heterocycles. The Hall–Kier alpha value is 3.21. The number of aryl methyl sites for hydroxylation is 2. The summed E-state index contributed by atoms with van der Waals surface area (Å²) < 4.78 is 28.9. The Morgan fingerprint density at radius 1 is 0.179 bits per heavy atom. The summed E-state index contributed by atoms with van der Waals surface area (Å²) in [6.45, 7) is 111. The second-order valence-corrected chi connectivity index (χ2v) is 116. The fourth-order valence-corrected chi connectivity index (χ4v) is 78.2. The van der Waals surface area contributed by atoms with Gasteiger partial charge in [-0.05, 0) is 142 Å². The van der Waals surface area contributed by atoms with E-state index in [0.717, 1.165) is 95.7 Å². The van der Waals surface area contributed by atoms with Crippen molar-refractivity contribution in [3.05, 3.63) is 99.7 Å². The Morgan fingerprint density at radius 3 is 0.364 bits per heavy atom. The maximum Gasteiger partial charge on any atom is 2.00 e. The molecule has 14 nitrogen and oxygen atoms in total. The van der Waals surface area contributed by atoms with Crippen LogP contribution in [0.2, 0.25) is 236 Å². The van der Waals surface area contributed by atoms with Crippen molar-refractivity contribution < 1.29 is 76.9 Å². The molecule has 8 N–H and O–H groups in total. The van der Waals surface area contributed by atoms with Gasteiger partial charge in [0.05, 0.1) is 200 Å². The molecule has 18 rings (SSSR count). The van der Waals surface area contributed by atoms with E-state index < -0.39 is 98.8 Å². The maximum absolute atomic E-state index is 4.82. The fourth-order valence-electron chi connectivity index (χ4n) is 29.9. The van der Waals surface area contributed by atoms with Crippen LogP contribution in [0.25, 0.3) is 27.9 Å². The number of nitrogens with zero attached hydrogens (tertiary/aromatic N) is 6. The molecule has 140 heavy (non-hydrogen) atoms. The van der Waals surface area contributed by atoms with Crippen LogP contribution >= 0.6 is 0 Å². The molecule has 0 amide bonds. The van der Waals surface area contributed by atoms with Crippen molar-refractivity contribution in [2.75, 3.05) is 105 Å². The monoisotopic (exact) mass is 2150 g/mol. The van der Waals surface area contributed by atoms with Crippen LogP contribution in [0.3, 0.4) is 0 Å². The molecule has 0 aliphatic carbocycles. The number of fused-ring (bicyclic) bond motifs is 24. The second-order valence-electron chi connectivity index (χ2n) is 58.8. The van der Waals surface area contributed by atoms with E-state index in [1.807, 2.05) is 75.6 Å². The van der Waals surface area contributed by atoms with E-state index in [1.165, 1.54) is 219 Å². The summed E-state index contributed by atoms with van der Waals surface area (Å²) in [5, 5.41) is 0. The van der Waals surface area contributed by atoms with Crippen molar-refractivity contribution in [1.29, 1.82) is 0 Å². The Kier molecular flexibility index (Phi) is 61.2. The molecule has 2 aromatic carbocycles. The van der Waals surface area contributed by atoms with Crippen molar-refractivity contribution in [2.24, 2.45) is 47.3 Å². The molecule has 16 saturated heterocycles. The molecule has 0 spiro atoms. The van der Waals surface area contributed by atoms with E-state index in [-0.39, 0.29) is 83.8 Å². The first kappa shape index (κ1) is 137. The summed E-state index contributed by atoms with van der Waals surface area (Å²) in [5.41, 5.74) is 2.64. The van der Waals surface area contributed by atoms with Crippen LogP contribution in [0.4, 0.5) is 0 Å². The first-order valence-corrected chi connectivity index (χ1v) is 99.3. The molecule has 16 fully saturated rings. The number of hydrogen-bond acceptors (Lipinski definition) is 0. The first-order valence-electron chi connectivity index (χ1n) is 57.9. The number of nitrogens with one attached hydrogen (secondary N) is 8. The van der Waals surface area contributed by atoms with Gasteiger partial charge < -0.3 is 67.1 Å². The van der Waals surface area contributed by atoms with Crippen LogP contribution in [0.15, 0.2) is 60.7 Å². The van der Waals surface area contributed by atoms with Crippen molar-refractivity contribution >= 4 is 145 Å². The number of piperidine rings is 16. The van der Waals surface area contributed by atoms with Crippen molar-refractivity contribution in [3.63, 3.8) is 0 Å². The Bertz CT molecular complexity index is 2960. The quantitative estimate of drug-likeness (QED) is 0.0967. The molecule has 16 aliphatic heterocycles. The van der Waals surface area contributed by atoms with Gasteiger partial charge in [-0.1, -0.05) is 406 Å². The molecule has 8 bridgehead atoms. The zero-order chi connectivity index (χ0) is 101. The summed E-state index contributed by atoms with van der Waals surface area (Å²) >= 11 is 0. The fraction of sp³-hybridized carbons (Fsp3) is 0.891. The van der Waals surface area contributed by atoms with E-state index in [2.05, 4.69) is 274 Å². The van der Waals surface area contributed by atoms with Crippen LogP contribution in [-0.2, 0) is 0 Å². The number of benzene rings is 2. The molecule has 8 unspecified atom stereocenters. The van der Waals surface area contributed by atoms with Gasteiger partial charge in [0.1, 0.15) is 0 Å². The van der Waals surface area contributed by atoms with Crippen LogP contribution in [0.5, 0.6) is 0 Å². The van der Waals surface area contributed by atoms with E-state index in [0.29, 0.717) is 0 Å². The molecule has 2 aromatic rings. The average molecular weight is 2150 g/mol. The normalized spacial score (nSPS) is 32.3. The zero-order valence-corrected chi connectivity index (χ0v) is 116. The van der Waals surface area contributed by atoms with Crippen molar-refractivity contribution in [2.45, 2.75) is 478 Å². The van der Waals surface area contributed by atoms with Gasteiger partial charge in [0.15, 0.2) is 0 Å². The maximum atomic E-state index is 4.82. The minimum atomic E-state index is -1.11. The Balaban J connectivity index is 0.000000398. The summed E-state index contributed by atoms with van der Waals surface area (Å²) in [6, 6.07) is 29.0. The smallest absolute Gasteiger partial charge is 0.668 e. The summed E-state index contributed by atoms with van der Waals surface area (Å²) in [6.07, 6.45) is 43.0. The molecule has 16 aliphatic rings. The Morgan fingerprint density at radius 2 is 0.286 bits per heavy atom. The summed E-state index contributed by atoms with van der Waals surface area (Å²) in [4.78, 5) is 16.1. The van der Waals surface area contributed by atoms with E-state index in [4.69, 9.17) is 27.9 Å². The first-order chi connectivity index (χ1) is 62.7. The minimum Gasteiger partial charge on any atom is -0.668 e.